The number of aryl methyl sites for hydroxylation is 1. The van der Waals surface area contributed by atoms with Gasteiger partial charge in [0.25, 0.3) is 5.91 Å². The highest BCUT2D eigenvalue weighted by molar-refractivity contribution is 6.05. The number of hydrogen-bond acceptors (Lipinski definition) is 2. The third-order valence-electron chi connectivity index (χ3n) is 2.49. The highest BCUT2D eigenvalue weighted by Crippen LogP contribution is 2.08. The Hall–Kier alpha value is -1.84. The summed E-state index contributed by atoms with van der Waals surface area (Å²) in [4.78, 5) is 16.9. The Balaban J connectivity index is 2.93. The quantitative estimate of drug-likeness (QED) is 0.616. The molecule has 1 aromatic rings. The predicted octanol–water partition coefficient (Wildman–Crippen LogP) is 3.27. The highest BCUT2D eigenvalue weighted by atomic mass is 16.1. The van der Waals surface area contributed by atoms with Gasteiger partial charge in [-0.1, -0.05) is 17.7 Å². The summed E-state index contributed by atoms with van der Waals surface area (Å²) in [6.45, 7) is 14.1. The molecular formula is C17H27N3O. The average Bonchev–Trinajstić information content (AvgIpc) is 2.24. The van der Waals surface area contributed by atoms with Crippen LogP contribution >= 0.6 is 0 Å². The summed E-state index contributed by atoms with van der Waals surface area (Å²) in [7, 11) is 0. The van der Waals surface area contributed by atoms with Gasteiger partial charge in [-0.15, -0.1) is 0 Å². The maximum absolute atomic E-state index is 12.3. The van der Waals surface area contributed by atoms with Gasteiger partial charge in [-0.25, -0.2) is 4.99 Å². The first-order chi connectivity index (χ1) is 9.46. The Morgan fingerprint density at radius 1 is 1.00 bits per heavy atom. The maximum Gasteiger partial charge on any atom is 0.257 e. The zero-order valence-corrected chi connectivity index (χ0v) is 14.2. The molecule has 1 amide bonds. The van der Waals surface area contributed by atoms with Crippen molar-refractivity contribution >= 4 is 11.9 Å². The highest BCUT2D eigenvalue weighted by Gasteiger charge is 2.18. The van der Waals surface area contributed by atoms with Gasteiger partial charge in [0.05, 0.1) is 5.54 Å². The van der Waals surface area contributed by atoms with Crippen LogP contribution in [0.5, 0.6) is 0 Å². The third-order valence-corrected chi connectivity index (χ3v) is 2.49. The second-order valence-corrected chi connectivity index (χ2v) is 7.33. The molecule has 4 heteroatoms. The van der Waals surface area contributed by atoms with Gasteiger partial charge < -0.3 is 5.32 Å². The number of rotatable bonds is 1. The van der Waals surface area contributed by atoms with Crippen molar-refractivity contribution in [2.75, 3.05) is 0 Å². The van der Waals surface area contributed by atoms with E-state index in [1.807, 2.05) is 72.7 Å². The fraction of sp³-hybridized carbons (Fsp3) is 0.529. The normalized spacial score (nSPS) is 13.0. The number of nitrogens with zero attached hydrogens (tertiary/aromatic N) is 1. The third kappa shape index (κ3) is 6.93. The minimum atomic E-state index is -0.270. The molecule has 0 unspecified atom stereocenters. The summed E-state index contributed by atoms with van der Waals surface area (Å²) in [6, 6.07) is 7.48. The van der Waals surface area contributed by atoms with Crippen LogP contribution in [0.3, 0.4) is 0 Å². The van der Waals surface area contributed by atoms with Crippen LogP contribution in [-0.4, -0.2) is 22.9 Å². The lowest BCUT2D eigenvalue weighted by atomic mass is 10.1. The zero-order valence-electron chi connectivity index (χ0n) is 14.2. The van der Waals surface area contributed by atoms with E-state index < -0.39 is 0 Å². The molecule has 0 aliphatic carbocycles. The second kappa shape index (κ2) is 6.29. The molecule has 0 aliphatic rings. The van der Waals surface area contributed by atoms with Gasteiger partial charge in [0.15, 0.2) is 5.96 Å². The van der Waals surface area contributed by atoms with Crippen LogP contribution in [-0.2, 0) is 0 Å². The molecule has 1 rings (SSSR count). The monoisotopic (exact) mass is 289 g/mol. The lowest BCUT2D eigenvalue weighted by molar-refractivity contribution is 0.0975. The summed E-state index contributed by atoms with van der Waals surface area (Å²) in [5.41, 5.74) is 1.31. The molecule has 0 aliphatic heterocycles. The van der Waals surface area contributed by atoms with E-state index in [0.29, 0.717) is 11.5 Å². The van der Waals surface area contributed by atoms with Gasteiger partial charge >= 0.3 is 0 Å². The Morgan fingerprint density at radius 3 is 1.95 bits per heavy atom. The summed E-state index contributed by atoms with van der Waals surface area (Å²) < 4.78 is 0. The van der Waals surface area contributed by atoms with Crippen LogP contribution in [0.15, 0.2) is 29.3 Å². The molecular weight excluding hydrogens is 262 g/mol. The number of amides is 1. The molecule has 0 heterocycles. The van der Waals surface area contributed by atoms with Gasteiger partial charge in [0.1, 0.15) is 0 Å². The van der Waals surface area contributed by atoms with Gasteiger partial charge in [-0.3, -0.25) is 10.1 Å². The SMILES string of the molecule is Cc1ccc(C(=O)NC(=NC(C)(C)C)NC(C)(C)C)cc1. The van der Waals surface area contributed by atoms with Crippen LogP contribution < -0.4 is 10.6 Å². The molecule has 0 spiro atoms. The van der Waals surface area contributed by atoms with E-state index >= 15 is 0 Å². The minimum absolute atomic E-state index is 0.158. The smallest absolute Gasteiger partial charge is 0.257 e. The van der Waals surface area contributed by atoms with Crippen LogP contribution in [0, 0.1) is 6.92 Å². The van der Waals surface area contributed by atoms with E-state index in [1.54, 1.807) is 0 Å². The molecule has 0 bridgehead atoms. The number of hydrogen-bond donors (Lipinski definition) is 2. The van der Waals surface area contributed by atoms with Crippen molar-refractivity contribution < 1.29 is 4.79 Å². The molecule has 2 N–H and O–H groups in total. The molecule has 4 nitrogen and oxygen atoms in total. The van der Waals surface area contributed by atoms with Crippen molar-refractivity contribution in [1.82, 2.24) is 10.6 Å². The number of guanidine groups is 1. The van der Waals surface area contributed by atoms with E-state index in [-0.39, 0.29) is 17.0 Å². The number of aliphatic imine (C=N–C) groups is 1. The van der Waals surface area contributed by atoms with Crippen molar-refractivity contribution in [2.24, 2.45) is 4.99 Å². The van der Waals surface area contributed by atoms with Crippen molar-refractivity contribution in [3.63, 3.8) is 0 Å². The van der Waals surface area contributed by atoms with E-state index in [2.05, 4.69) is 15.6 Å². The predicted molar refractivity (Wildman–Crippen MR) is 88.7 cm³/mol. The average molecular weight is 289 g/mol. The zero-order chi connectivity index (χ0) is 16.3. The Labute approximate surface area is 128 Å². The second-order valence-electron chi connectivity index (χ2n) is 7.33. The summed E-state index contributed by atoms with van der Waals surface area (Å²) in [6.07, 6.45) is 0. The maximum atomic E-state index is 12.3. The number of carbonyl (C=O) groups excluding carboxylic acids is 1. The summed E-state index contributed by atoms with van der Waals surface area (Å²) >= 11 is 0. The summed E-state index contributed by atoms with van der Waals surface area (Å²) in [5, 5.41) is 6.11. The van der Waals surface area contributed by atoms with Crippen molar-refractivity contribution in [2.45, 2.75) is 59.5 Å². The molecule has 116 valence electrons. The lowest BCUT2D eigenvalue weighted by Crippen LogP contribution is -2.50. The Bertz CT molecular complexity index is 516. The number of benzene rings is 1. The van der Waals surface area contributed by atoms with Gasteiger partial charge in [-0.2, -0.15) is 0 Å². The molecule has 21 heavy (non-hydrogen) atoms. The largest absolute Gasteiger partial charge is 0.351 e. The Morgan fingerprint density at radius 2 is 1.52 bits per heavy atom. The lowest BCUT2D eigenvalue weighted by Gasteiger charge is -2.26. The fourth-order valence-electron chi connectivity index (χ4n) is 1.66. The molecule has 0 atom stereocenters. The minimum Gasteiger partial charge on any atom is -0.351 e. The molecule has 0 saturated heterocycles. The van der Waals surface area contributed by atoms with Gasteiger partial charge in [0.2, 0.25) is 0 Å². The first kappa shape index (κ1) is 17.2. The molecule has 0 saturated carbocycles. The first-order valence-corrected chi connectivity index (χ1v) is 7.22. The van der Waals surface area contributed by atoms with Crippen molar-refractivity contribution in [3.8, 4) is 0 Å². The van der Waals surface area contributed by atoms with Crippen LogP contribution in [0.25, 0.3) is 0 Å². The standard InChI is InChI=1S/C17H27N3O/c1-12-8-10-13(11-9-12)14(21)18-15(19-16(2,3)4)20-17(5,6)7/h8-11H,1-7H3,(H2,18,19,20,21). The molecule has 0 aromatic heterocycles. The topological polar surface area (TPSA) is 53.5 Å². The fourth-order valence-corrected chi connectivity index (χ4v) is 1.66. The van der Waals surface area contributed by atoms with Crippen molar-refractivity contribution in [1.29, 1.82) is 0 Å². The van der Waals surface area contributed by atoms with Crippen molar-refractivity contribution in [3.05, 3.63) is 35.4 Å². The summed E-state index contributed by atoms with van der Waals surface area (Å²) in [5.74, 6) is 0.343. The van der Waals surface area contributed by atoms with E-state index in [0.717, 1.165) is 5.56 Å². The number of nitrogens with one attached hydrogen (secondary N) is 2. The van der Waals surface area contributed by atoms with E-state index in [1.165, 1.54) is 0 Å². The van der Waals surface area contributed by atoms with E-state index in [9.17, 15) is 4.79 Å². The first-order valence-electron chi connectivity index (χ1n) is 7.22. The van der Waals surface area contributed by atoms with E-state index in [4.69, 9.17) is 0 Å². The number of carbonyl (C=O) groups is 1. The van der Waals surface area contributed by atoms with Gasteiger partial charge in [0, 0.05) is 11.1 Å². The molecule has 0 fully saturated rings. The van der Waals surface area contributed by atoms with Crippen LogP contribution in [0.4, 0.5) is 0 Å². The molecule has 1 aromatic carbocycles. The van der Waals surface area contributed by atoms with Crippen LogP contribution in [0.1, 0.15) is 57.5 Å². The molecule has 0 radical (unpaired) electrons. The van der Waals surface area contributed by atoms with Gasteiger partial charge in [-0.05, 0) is 60.6 Å². The van der Waals surface area contributed by atoms with Crippen LogP contribution in [0.2, 0.25) is 0 Å². The Kier molecular flexibility index (Phi) is 5.15.